The number of nitrogens with one attached hydrogen (secondary N) is 2. The monoisotopic (exact) mass is 497 g/mol. The van der Waals surface area contributed by atoms with Gasteiger partial charge in [-0.25, -0.2) is 9.97 Å². The van der Waals surface area contributed by atoms with E-state index in [1.165, 1.54) is 12.1 Å². The van der Waals surface area contributed by atoms with Crippen LogP contribution in [0.3, 0.4) is 0 Å². The second kappa shape index (κ2) is 10.4. The number of hydrogen-bond donors (Lipinski definition) is 4. The molecule has 0 spiro atoms. The van der Waals surface area contributed by atoms with E-state index in [9.17, 15) is 20.3 Å². The van der Waals surface area contributed by atoms with Crippen molar-refractivity contribution in [2.45, 2.75) is 48.9 Å². The van der Waals surface area contributed by atoms with E-state index in [4.69, 9.17) is 10.1 Å². The number of nitriles is 1. The number of likely N-dealkylation sites (tertiary alicyclic amines) is 1. The molecule has 1 fully saturated rings. The number of H-pyrrole nitrogens is 1. The Morgan fingerprint density at radius 2 is 2.09 bits per heavy atom. The van der Waals surface area contributed by atoms with Crippen LogP contribution in [-0.2, 0) is 16.1 Å². The molecule has 12 heteroatoms. The fourth-order valence-corrected chi connectivity index (χ4v) is 5.01. The number of aromatic hydroxyl groups is 2. The van der Waals surface area contributed by atoms with Crippen LogP contribution in [0.15, 0.2) is 28.5 Å². The van der Waals surface area contributed by atoms with Crippen molar-refractivity contribution in [1.29, 1.82) is 10.7 Å². The molecule has 1 aliphatic rings. The summed E-state index contributed by atoms with van der Waals surface area (Å²) in [7, 11) is 1.54. The minimum Gasteiger partial charge on any atom is -0.504 e. The number of piperidine rings is 1. The summed E-state index contributed by atoms with van der Waals surface area (Å²) in [5.41, 5.74) is 1.32. The van der Waals surface area contributed by atoms with Gasteiger partial charge in [-0.1, -0.05) is 11.8 Å². The number of carbonyl (C=O) groups excluding carboxylic acids is 1. The number of aromatic nitrogens is 4. The zero-order valence-electron chi connectivity index (χ0n) is 19.5. The van der Waals surface area contributed by atoms with E-state index in [1.54, 1.807) is 20.4 Å². The van der Waals surface area contributed by atoms with Gasteiger partial charge in [0.05, 0.1) is 11.9 Å². The molecular weight excluding hydrogens is 470 g/mol. The number of methoxy groups -OCH3 is 1. The SMILES string of the molecule is CO[C@H](C)C(=O)N1CCC(CCn2cnc(=N)c3[nH]c(Sc4cc(O)c(O)cc4C#N)nc32)CC1. The number of ether oxygens (including phenoxy) is 1. The zero-order valence-corrected chi connectivity index (χ0v) is 20.3. The molecule has 3 heterocycles. The van der Waals surface area contributed by atoms with Gasteiger partial charge in [0.1, 0.15) is 17.7 Å². The van der Waals surface area contributed by atoms with Crippen molar-refractivity contribution in [2.24, 2.45) is 5.92 Å². The van der Waals surface area contributed by atoms with E-state index in [2.05, 4.69) is 15.0 Å². The molecule has 0 saturated carbocycles. The summed E-state index contributed by atoms with van der Waals surface area (Å²) < 4.78 is 7.04. The van der Waals surface area contributed by atoms with Crippen molar-refractivity contribution >= 4 is 28.8 Å². The van der Waals surface area contributed by atoms with Crippen LogP contribution in [-0.4, -0.2) is 66.8 Å². The topological polar surface area (TPSA) is 164 Å². The molecule has 1 saturated heterocycles. The van der Waals surface area contributed by atoms with Crippen molar-refractivity contribution < 1.29 is 19.7 Å². The quantitative estimate of drug-likeness (QED) is 0.361. The molecule has 11 nitrogen and oxygen atoms in total. The average molecular weight is 498 g/mol. The first-order valence-electron chi connectivity index (χ1n) is 11.3. The highest BCUT2D eigenvalue weighted by Crippen LogP contribution is 2.36. The number of aromatic amines is 1. The molecule has 0 radical (unpaired) electrons. The summed E-state index contributed by atoms with van der Waals surface area (Å²) >= 11 is 1.13. The molecule has 0 aliphatic carbocycles. The molecule has 0 bridgehead atoms. The van der Waals surface area contributed by atoms with Gasteiger partial charge >= 0.3 is 0 Å². The minimum absolute atomic E-state index is 0.0281. The molecular formula is C23H27N7O4S. The van der Waals surface area contributed by atoms with Gasteiger partial charge in [0.15, 0.2) is 27.8 Å². The van der Waals surface area contributed by atoms with E-state index in [0.717, 1.165) is 31.0 Å². The molecule has 35 heavy (non-hydrogen) atoms. The summed E-state index contributed by atoms with van der Waals surface area (Å²) in [5.74, 6) is -0.208. The Hall–Kier alpha value is -3.56. The summed E-state index contributed by atoms with van der Waals surface area (Å²) in [4.78, 5) is 26.5. The molecule has 1 atom stereocenters. The Bertz CT molecular complexity index is 1340. The van der Waals surface area contributed by atoms with Crippen LogP contribution in [0, 0.1) is 22.7 Å². The van der Waals surface area contributed by atoms with Gasteiger partial charge in [0.25, 0.3) is 5.91 Å². The predicted molar refractivity (Wildman–Crippen MR) is 127 cm³/mol. The number of rotatable bonds is 7. The predicted octanol–water partition coefficient (Wildman–Crippen LogP) is 2.34. The summed E-state index contributed by atoms with van der Waals surface area (Å²) in [6.45, 7) is 3.85. The van der Waals surface area contributed by atoms with E-state index >= 15 is 0 Å². The molecule has 2 aromatic heterocycles. The van der Waals surface area contributed by atoms with E-state index in [0.29, 0.717) is 46.8 Å². The molecule has 1 amide bonds. The number of phenols is 2. The van der Waals surface area contributed by atoms with E-state index < -0.39 is 6.10 Å². The highest BCUT2D eigenvalue weighted by molar-refractivity contribution is 7.99. The second-order valence-corrected chi connectivity index (χ2v) is 9.54. The maximum Gasteiger partial charge on any atom is 0.251 e. The summed E-state index contributed by atoms with van der Waals surface area (Å²) in [6, 6.07) is 4.51. The summed E-state index contributed by atoms with van der Waals surface area (Å²) in [6.07, 6.45) is 3.90. The third kappa shape index (κ3) is 5.26. The van der Waals surface area contributed by atoms with Crippen molar-refractivity contribution in [3.05, 3.63) is 29.5 Å². The van der Waals surface area contributed by atoms with Crippen molar-refractivity contribution in [3.63, 3.8) is 0 Å². The summed E-state index contributed by atoms with van der Waals surface area (Å²) in [5, 5.41) is 37.4. The number of nitrogens with zero attached hydrogens (tertiary/aromatic N) is 5. The lowest BCUT2D eigenvalue weighted by molar-refractivity contribution is -0.142. The van der Waals surface area contributed by atoms with Gasteiger partial charge in [-0.05, 0) is 38.2 Å². The van der Waals surface area contributed by atoms with Crippen LogP contribution in [0.2, 0.25) is 0 Å². The fraction of sp³-hybridized carbons (Fsp3) is 0.435. The third-order valence-electron chi connectivity index (χ3n) is 6.31. The van der Waals surface area contributed by atoms with Crippen molar-refractivity contribution in [2.75, 3.05) is 20.2 Å². The maximum absolute atomic E-state index is 12.3. The van der Waals surface area contributed by atoms with E-state index in [-0.39, 0.29) is 28.5 Å². The standard InChI is InChI=1S/C23H27N7O4S/c1-13(34-2)22(33)29-6-3-14(4-7-29)5-8-30-12-26-20(25)19-21(30)28-23(27-19)35-18-10-17(32)16(31)9-15(18)11-24/h9-10,12-14,25,31-32H,3-8H2,1-2H3,(H,27,28)/t13-/m1/s1. The lowest BCUT2D eigenvalue weighted by atomic mass is 9.93. The normalized spacial score (nSPS) is 15.3. The smallest absolute Gasteiger partial charge is 0.251 e. The third-order valence-corrected chi connectivity index (χ3v) is 7.25. The lowest BCUT2D eigenvalue weighted by Crippen LogP contribution is -2.43. The van der Waals surface area contributed by atoms with Gasteiger partial charge in [-0.3, -0.25) is 10.2 Å². The first-order valence-corrected chi connectivity index (χ1v) is 12.1. The van der Waals surface area contributed by atoms with Crippen molar-refractivity contribution in [3.8, 4) is 17.6 Å². The Labute approximate surface area is 205 Å². The van der Waals surface area contributed by atoms with Gasteiger partial charge in [0, 0.05) is 37.7 Å². The number of benzene rings is 1. The fourth-order valence-electron chi connectivity index (χ4n) is 4.13. The number of hydrogen-bond acceptors (Lipinski definition) is 9. The molecule has 184 valence electrons. The Kier molecular flexibility index (Phi) is 7.28. The van der Waals surface area contributed by atoms with Gasteiger partial charge in [0.2, 0.25) is 0 Å². The van der Waals surface area contributed by atoms with E-state index in [1.807, 2.05) is 15.5 Å². The molecule has 1 aromatic carbocycles. The molecule has 4 N–H and O–H groups in total. The van der Waals surface area contributed by atoms with Crippen LogP contribution in [0.1, 0.15) is 31.7 Å². The number of fused-ring (bicyclic) bond motifs is 1. The first kappa shape index (κ1) is 24.6. The number of phenolic OH excluding ortho intramolecular Hbond substituents is 2. The van der Waals surface area contributed by atoms with Gasteiger partial charge in [-0.15, -0.1) is 0 Å². The van der Waals surface area contributed by atoms with Gasteiger partial charge < -0.3 is 29.4 Å². The Morgan fingerprint density at radius 1 is 1.37 bits per heavy atom. The number of carbonyl (C=O) groups is 1. The van der Waals surface area contributed by atoms with Crippen LogP contribution < -0.4 is 5.49 Å². The van der Waals surface area contributed by atoms with Crippen molar-refractivity contribution in [1.82, 2.24) is 24.4 Å². The molecule has 1 aliphatic heterocycles. The molecule has 0 unspecified atom stereocenters. The van der Waals surface area contributed by atoms with Crippen LogP contribution in [0.4, 0.5) is 0 Å². The second-order valence-electron chi connectivity index (χ2n) is 8.51. The van der Waals surface area contributed by atoms with Gasteiger partial charge in [-0.2, -0.15) is 5.26 Å². The number of amides is 1. The molecule has 3 aromatic rings. The first-order chi connectivity index (χ1) is 16.8. The van der Waals surface area contributed by atoms with Crippen LogP contribution >= 0.6 is 11.8 Å². The largest absolute Gasteiger partial charge is 0.504 e. The average Bonchev–Trinajstić information content (AvgIpc) is 3.30. The minimum atomic E-state index is -0.425. The maximum atomic E-state index is 12.3. The number of aryl methyl sites for hydroxylation is 1. The molecule has 4 rings (SSSR count). The zero-order chi connectivity index (χ0) is 25.1. The number of imidazole rings is 1. The highest BCUT2D eigenvalue weighted by atomic mass is 32.2. The van der Waals surface area contributed by atoms with Crippen LogP contribution in [0.5, 0.6) is 11.5 Å². The lowest BCUT2D eigenvalue weighted by Gasteiger charge is -2.33. The Morgan fingerprint density at radius 3 is 2.77 bits per heavy atom. The highest BCUT2D eigenvalue weighted by Gasteiger charge is 2.26. The van der Waals surface area contributed by atoms with Crippen LogP contribution in [0.25, 0.3) is 11.2 Å². The Balaban J connectivity index is 1.47.